The Balaban J connectivity index is 0.860. The Morgan fingerprint density at radius 3 is 2.48 bits per heavy atom. The number of carbonyl (C=O) groups is 3. The van der Waals surface area contributed by atoms with Gasteiger partial charge in [0, 0.05) is 86.5 Å². The van der Waals surface area contributed by atoms with Crippen LogP contribution in [0.15, 0.2) is 79.0 Å². The highest BCUT2D eigenvalue weighted by Gasteiger charge is 2.32. The molecule has 2 atom stereocenters. The van der Waals surface area contributed by atoms with Gasteiger partial charge in [-0.3, -0.25) is 24.4 Å². The number of nitrogens with one attached hydrogen (secondary N) is 3. The quantitative estimate of drug-likeness (QED) is 0.0913. The first-order chi connectivity index (χ1) is 31.1. The summed E-state index contributed by atoms with van der Waals surface area (Å²) in [6.07, 6.45) is 5.71. The van der Waals surface area contributed by atoms with Gasteiger partial charge in [-0.05, 0) is 73.2 Å². The van der Waals surface area contributed by atoms with Crippen LogP contribution in [-0.4, -0.2) is 84.0 Å². The normalized spacial score (nSPS) is 18.4. The molecule has 14 nitrogen and oxygen atoms in total. The van der Waals surface area contributed by atoms with Crippen LogP contribution in [-0.2, 0) is 29.8 Å². The monoisotopic (exact) mass is 922 g/mol. The summed E-state index contributed by atoms with van der Waals surface area (Å²) in [5.74, 6) is -0.173. The maximum absolute atomic E-state index is 16.1. The van der Waals surface area contributed by atoms with Crippen LogP contribution in [0.1, 0.15) is 89.1 Å². The van der Waals surface area contributed by atoms with Crippen molar-refractivity contribution in [3.8, 4) is 27.6 Å². The van der Waals surface area contributed by atoms with Gasteiger partial charge in [0.25, 0.3) is 0 Å². The van der Waals surface area contributed by atoms with E-state index < -0.39 is 15.8 Å². The average molecular weight is 923 g/mol. The standard InChI is InChI=1S/C48H55FN8O6S2/c1-5-26-65(61,62)55-38-11-7-10-37(42(38)49)43-44(64-46(54-43)48(2,3)4)39-18-22-50-47(52-39)51-32-8-6-9-35(28-32)63-34-20-24-56(25-21-34)41(59)27-30-19-23-57(29-30)33-14-12-31(13-15-33)36-16-17-40(58)53-45(36)60/h6-15,18,22,28,30,34,36,55H,5,16-17,19-21,23-27,29H2,1-4H3,(H,50,51,52)(H,53,58,60)/t30-,36+/m1/s1. The number of imide groups is 1. The second-order valence-corrected chi connectivity index (χ2v) is 20.9. The number of rotatable bonds is 14. The minimum absolute atomic E-state index is 0.0541. The van der Waals surface area contributed by atoms with Crippen LogP contribution >= 0.6 is 11.3 Å². The number of amides is 3. The summed E-state index contributed by atoms with van der Waals surface area (Å²) in [6, 6.07) is 21.9. The van der Waals surface area contributed by atoms with Crippen LogP contribution in [0, 0.1) is 11.7 Å². The van der Waals surface area contributed by atoms with Crippen LogP contribution in [0.4, 0.5) is 27.4 Å². The van der Waals surface area contributed by atoms with E-state index in [0.29, 0.717) is 85.3 Å². The number of piperidine rings is 2. The lowest BCUT2D eigenvalue weighted by molar-refractivity contribution is -0.135. The molecule has 8 rings (SSSR count). The lowest BCUT2D eigenvalue weighted by atomic mass is 9.90. The van der Waals surface area contributed by atoms with E-state index in [-0.39, 0.29) is 58.1 Å². The van der Waals surface area contributed by atoms with E-state index in [9.17, 15) is 22.8 Å². The lowest BCUT2D eigenvalue weighted by Gasteiger charge is -2.33. The summed E-state index contributed by atoms with van der Waals surface area (Å²) in [4.78, 5) is 56.4. The fourth-order valence-electron chi connectivity index (χ4n) is 8.55. The summed E-state index contributed by atoms with van der Waals surface area (Å²) < 4.78 is 50.0. The molecule has 17 heteroatoms. The summed E-state index contributed by atoms with van der Waals surface area (Å²) in [5, 5.41) is 6.49. The van der Waals surface area contributed by atoms with Gasteiger partial charge in [0.05, 0.1) is 38.6 Å². The Bertz CT molecular complexity index is 2660. The van der Waals surface area contributed by atoms with Gasteiger partial charge >= 0.3 is 0 Å². The van der Waals surface area contributed by atoms with Crippen molar-refractivity contribution in [2.24, 2.45) is 5.92 Å². The number of nitrogens with zero attached hydrogens (tertiary/aromatic N) is 5. The molecule has 3 fully saturated rings. The van der Waals surface area contributed by atoms with E-state index in [1.165, 1.54) is 17.4 Å². The van der Waals surface area contributed by atoms with Crippen molar-refractivity contribution in [3.05, 3.63) is 95.4 Å². The summed E-state index contributed by atoms with van der Waals surface area (Å²) >= 11 is 1.40. The molecule has 65 heavy (non-hydrogen) atoms. The zero-order valence-electron chi connectivity index (χ0n) is 37.1. The molecular formula is C48H55FN8O6S2. The van der Waals surface area contributed by atoms with Crippen molar-refractivity contribution in [2.45, 2.75) is 90.1 Å². The molecule has 0 unspecified atom stereocenters. The third-order valence-corrected chi connectivity index (χ3v) is 15.0. The van der Waals surface area contributed by atoms with E-state index in [2.05, 4.69) is 25.2 Å². The Hall–Kier alpha value is -5.94. The van der Waals surface area contributed by atoms with E-state index in [1.54, 1.807) is 31.3 Å². The highest BCUT2D eigenvalue weighted by Crippen LogP contribution is 2.42. The topological polar surface area (TPSA) is 176 Å². The van der Waals surface area contributed by atoms with E-state index in [1.807, 2.05) is 74.2 Å². The highest BCUT2D eigenvalue weighted by molar-refractivity contribution is 7.92. The third kappa shape index (κ3) is 11.0. The zero-order chi connectivity index (χ0) is 45.9. The highest BCUT2D eigenvalue weighted by atomic mass is 32.2. The molecule has 3 N–H and O–H groups in total. The van der Waals surface area contributed by atoms with Crippen LogP contribution in [0.2, 0.25) is 0 Å². The molecule has 5 heterocycles. The number of likely N-dealkylation sites (tertiary alicyclic amines) is 1. The first-order valence-electron chi connectivity index (χ1n) is 22.3. The molecule has 3 saturated heterocycles. The summed E-state index contributed by atoms with van der Waals surface area (Å²) in [5.41, 5.74) is 3.25. The number of thiazole rings is 1. The SMILES string of the molecule is CCCS(=O)(=O)Nc1cccc(-c2nc(C(C)(C)C)sc2-c2ccnc(Nc3cccc(OC4CCN(C(=O)C[C@H]5CCN(c6ccc([C@@H]7CCC(=O)NC7=O)cc6)C5)CC4)c3)n2)c1F. The second-order valence-electron chi connectivity index (χ2n) is 18.1. The van der Waals surface area contributed by atoms with Crippen LogP contribution < -0.4 is 25.0 Å². The minimum atomic E-state index is -3.73. The van der Waals surface area contributed by atoms with Gasteiger partial charge in [0.1, 0.15) is 11.9 Å². The van der Waals surface area contributed by atoms with E-state index in [0.717, 1.165) is 35.8 Å². The number of ether oxygens (including phenoxy) is 1. The first kappa shape index (κ1) is 45.6. The fourth-order valence-corrected chi connectivity index (χ4v) is 10.8. The van der Waals surface area contributed by atoms with Crippen molar-refractivity contribution in [1.82, 2.24) is 25.2 Å². The number of sulfonamides is 1. The summed E-state index contributed by atoms with van der Waals surface area (Å²) in [7, 11) is -3.73. The summed E-state index contributed by atoms with van der Waals surface area (Å²) in [6.45, 7) is 10.7. The predicted molar refractivity (Wildman–Crippen MR) is 251 cm³/mol. The van der Waals surface area contributed by atoms with Gasteiger partial charge < -0.3 is 19.9 Å². The number of aromatic nitrogens is 3. The van der Waals surface area contributed by atoms with E-state index in [4.69, 9.17) is 14.7 Å². The maximum atomic E-state index is 16.1. The molecule has 0 aliphatic carbocycles. The molecule has 0 radical (unpaired) electrons. The molecule has 5 aromatic rings. The van der Waals surface area contributed by atoms with E-state index >= 15 is 4.39 Å². The number of anilines is 4. The number of hydrogen-bond acceptors (Lipinski definition) is 12. The average Bonchev–Trinajstić information content (AvgIpc) is 3.94. The number of halogens is 1. The largest absolute Gasteiger partial charge is 0.490 e. The van der Waals surface area contributed by atoms with Crippen molar-refractivity contribution in [3.63, 3.8) is 0 Å². The number of hydrogen-bond donors (Lipinski definition) is 3. The van der Waals surface area contributed by atoms with Gasteiger partial charge in [-0.25, -0.2) is 27.8 Å². The molecule has 342 valence electrons. The molecular weight excluding hydrogens is 868 g/mol. The second kappa shape index (κ2) is 19.3. The van der Waals surface area contributed by atoms with Gasteiger partial charge in [-0.1, -0.05) is 52.0 Å². The molecule has 0 spiro atoms. The first-order valence-corrected chi connectivity index (χ1v) is 24.7. The Morgan fingerprint density at radius 2 is 1.74 bits per heavy atom. The molecule has 3 aromatic carbocycles. The van der Waals surface area contributed by atoms with Crippen LogP contribution in [0.5, 0.6) is 5.75 Å². The maximum Gasteiger partial charge on any atom is 0.234 e. The molecule has 0 saturated carbocycles. The molecule has 3 amide bonds. The smallest absolute Gasteiger partial charge is 0.234 e. The zero-order valence-corrected chi connectivity index (χ0v) is 38.7. The van der Waals surface area contributed by atoms with Gasteiger partial charge in [0.15, 0.2) is 5.82 Å². The fraction of sp³-hybridized carbons (Fsp3) is 0.417. The van der Waals surface area contributed by atoms with Crippen molar-refractivity contribution < 1.29 is 31.9 Å². The van der Waals surface area contributed by atoms with Gasteiger partial charge in [-0.15, -0.1) is 11.3 Å². The van der Waals surface area contributed by atoms with Crippen LogP contribution in [0.25, 0.3) is 21.8 Å². The van der Waals surface area contributed by atoms with Crippen LogP contribution in [0.3, 0.4) is 0 Å². The third-order valence-electron chi connectivity index (χ3n) is 12.0. The van der Waals surface area contributed by atoms with Gasteiger partial charge in [0.2, 0.25) is 33.7 Å². The lowest BCUT2D eigenvalue weighted by Crippen LogP contribution is -2.42. The molecule has 0 bridgehead atoms. The Kier molecular flexibility index (Phi) is 13.5. The van der Waals surface area contributed by atoms with Crippen molar-refractivity contribution in [2.75, 3.05) is 46.9 Å². The van der Waals surface area contributed by atoms with Crippen molar-refractivity contribution in [1.29, 1.82) is 0 Å². The molecule has 2 aromatic heterocycles. The molecule has 3 aliphatic heterocycles. The Morgan fingerprint density at radius 1 is 0.969 bits per heavy atom. The van der Waals surface area contributed by atoms with Crippen molar-refractivity contribution >= 4 is 62.1 Å². The number of carbonyl (C=O) groups excluding carboxylic acids is 3. The van der Waals surface area contributed by atoms with Gasteiger partial charge in [-0.2, -0.15) is 0 Å². The Labute approximate surface area is 383 Å². The minimum Gasteiger partial charge on any atom is -0.490 e. The number of benzene rings is 3. The molecule has 3 aliphatic rings. The predicted octanol–water partition coefficient (Wildman–Crippen LogP) is 8.41.